The van der Waals surface area contributed by atoms with Crippen molar-refractivity contribution in [3.05, 3.63) is 20.3 Å². The van der Waals surface area contributed by atoms with Crippen LogP contribution in [0, 0.1) is 6.92 Å². The van der Waals surface area contributed by atoms with Crippen molar-refractivity contribution < 1.29 is 10.0 Å². The third-order valence-electron chi connectivity index (χ3n) is 2.41. The number of carbonyl (C=O) groups excluding carboxylic acids is 1. The molecule has 0 aliphatic heterocycles. The monoisotopic (exact) mass is 333 g/mol. The average molecular weight is 334 g/mol. The van der Waals surface area contributed by atoms with Crippen molar-refractivity contribution in [3.8, 4) is 0 Å². The van der Waals surface area contributed by atoms with E-state index in [2.05, 4.69) is 21.1 Å². The third-order valence-corrected chi connectivity index (χ3v) is 4.54. The lowest BCUT2D eigenvalue weighted by Gasteiger charge is -2.25. The normalized spacial score (nSPS) is 11.9. The molecule has 3 N–H and O–H groups in total. The van der Waals surface area contributed by atoms with Crippen LogP contribution in [0.15, 0.2) is 15.0 Å². The summed E-state index contributed by atoms with van der Waals surface area (Å²) in [5.41, 5.74) is 6.49. The van der Waals surface area contributed by atoms with Crippen molar-refractivity contribution in [1.29, 1.82) is 0 Å². The molecule has 0 saturated carbocycles. The Morgan fingerprint density at radius 2 is 2.28 bits per heavy atom. The van der Waals surface area contributed by atoms with Crippen LogP contribution in [0.2, 0.25) is 0 Å². The van der Waals surface area contributed by atoms with E-state index in [1.54, 1.807) is 4.90 Å². The molecule has 18 heavy (non-hydrogen) atoms. The van der Waals surface area contributed by atoms with E-state index in [1.165, 1.54) is 11.3 Å². The van der Waals surface area contributed by atoms with Gasteiger partial charge in [-0.3, -0.25) is 4.79 Å². The van der Waals surface area contributed by atoms with Crippen LogP contribution in [0.3, 0.4) is 0 Å². The van der Waals surface area contributed by atoms with Crippen LogP contribution in [0.1, 0.15) is 29.1 Å². The number of amides is 1. The molecule has 0 fully saturated rings. The minimum absolute atomic E-state index is 0.0180. The van der Waals surface area contributed by atoms with E-state index in [0.717, 1.165) is 9.35 Å². The molecular formula is C11H16BrN3O2S. The summed E-state index contributed by atoms with van der Waals surface area (Å²) >= 11 is 4.78. The van der Waals surface area contributed by atoms with Gasteiger partial charge in [-0.2, -0.15) is 0 Å². The van der Waals surface area contributed by atoms with Crippen LogP contribution in [0.5, 0.6) is 0 Å². The number of halogens is 1. The fourth-order valence-corrected chi connectivity index (χ4v) is 2.89. The summed E-state index contributed by atoms with van der Waals surface area (Å²) in [5, 5.41) is 11.5. The number of nitrogens with zero attached hydrogens (tertiary/aromatic N) is 2. The Labute approximate surface area is 118 Å². The first kappa shape index (κ1) is 15.0. The molecule has 0 unspecified atom stereocenters. The first-order chi connectivity index (χ1) is 8.36. The van der Waals surface area contributed by atoms with Crippen LogP contribution >= 0.6 is 27.3 Å². The van der Waals surface area contributed by atoms with Gasteiger partial charge in [-0.1, -0.05) is 5.16 Å². The van der Waals surface area contributed by atoms with Crippen molar-refractivity contribution in [1.82, 2.24) is 4.90 Å². The number of oxime groups is 1. The smallest absolute Gasteiger partial charge is 0.264 e. The van der Waals surface area contributed by atoms with E-state index >= 15 is 0 Å². The quantitative estimate of drug-likeness (QED) is 0.384. The Morgan fingerprint density at radius 3 is 2.67 bits per heavy atom. The van der Waals surface area contributed by atoms with Gasteiger partial charge in [0.1, 0.15) is 0 Å². The predicted molar refractivity (Wildman–Crippen MR) is 76.3 cm³/mol. The van der Waals surface area contributed by atoms with Gasteiger partial charge < -0.3 is 15.8 Å². The minimum Gasteiger partial charge on any atom is -0.409 e. The van der Waals surface area contributed by atoms with E-state index in [-0.39, 0.29) is 24.3 Å². The molecule has 0 aliphatic rings. The lowest BCUT2D eigenvalue weighted by molar-refractivity contribution is 0.0739. The van der Waals surface area contributed by atoms with Crippen LogP contribution in [0.4, 0.5) is 0 Å². The van der Waals surface area contributed by atoms with Gasteiger partial charge in [0, 0.05) is 6.04 Å². The lowest BCUT2D eigenvalue weighted by atomic mass is 10.2. The number of aryl methyl sites for hydroxylation is 1. The van der Waals surface area contributed by atoms with Gasteiger partial charge in [0.15, 0.2) is 5.84 Å². The van der Waals surface area contributed by atoms with Crippen LogP contribution < -0.4 is 5.73 Å². The first-order valence-corrected chi connectivity index (χ1v) is 7.01. The predicted octanol–water partition coefficient (Wildman–Crippen LogP) is 2.42. The first-order valence-electron chi connectivity index (χ1n) is 5.40. The fourth-order valence-electron chi connectivity index (χ4n) is 1.40. The topological polar surface area (TPSA) is 78.9 Å². The molecule has 0 bridgehead atoms. The molecule has 0 radical (unpaired) electrons. The second-order valence-corrected chi connectivity index (χ2v) is 6.56. The number of hydrogen-bond acceptors (Lipinski definition) is 4. The summed E-state index contributed by atoms with van der Waals surface area (Å²) in [5.74, 6) is -0.0974. The highest BCUT2D eigenvalue weighted by molar-refractivity contribution is 9.11. The number of carbonyl (C=O) groups is 1. The molecule has 1 amide bonds. The molecule has 5 nitrogen and oxygen atoms in total. The second-order valence-electron chi connectivity index (χ2n) is 4.19. The molecular weight excluding hydrogens is 318 g/mol. The van der Waals surface area contributed by atoms with E-state index < -0.39 is 0 Å². The highest BCUT2D eigenvalue weighted by atomic mass is 79.9. The van der Waals surface area contributed by atoms with Crippen molar-refractivity contribution in [2.45, 2.75) is 26.8 Å². The maximum Gasteiger partial charge on any atom is 0.264 e. The van der Waals surface area contributed by atoms with Crippen molar-refractivity contribution in [3.63, 3.8) is 0 Å². The highest BCUT2D eigenvalue weighted by Crippen LogP contribution is 2.28. The Hall–Kier alpha value is -1.08. The number of amidine groups is 1. The number of rotatable bonds is 4. The van der Waals surface area contributed by atoms with Gasteiger partial charge in [-0.05, 0) is 48.3 Å². The number of hydrogen-bond donors (Lipinski definition) is 2. The zero-order valence-electron chi connectivity index (χ0n) is 10.5. The van der Waals surface area contributed by atoms with Crippen LogP contribution in [-0.4, -0.2) is 34.4 Å². The average Bonchev–Trinajstić information content (AvgIpc) is 2.65. The molecule has 7 heteroatoms. The minimum atomic E-state index is -0.115. The van der Waals surface area contributed by atoms with Crippen LogP contribution in [0.25, 0.3) is 0 Å². The van der Waals surface area contributed by atoms with Crippen molar-refractivity contribution >= 4 is 39.0 Å². The SMILES string of the molecule is Cc1cc(C(=O)N(CC(N)=NO)C(C)C)sc1Br. The van der Waals surface area contributed by atoms with Gasteiger partial charge in [0.25, 0.3) is 5.91 Å². The summed E-state index contributed by atoms with van der Waals surface area (Å²) in [4.78, 5) is 14.5. The van der Waals surface area contributed by atoms with Gasteiger partial charge in [-0.25, -0.2) is 0 Å². The number of nitrogens with two attached hydrogens (primary N) is 1. The molecule has 0 aromatic carbocycles. The summed E-state index contributed by atoms with van der Waals surface area (Å²) in [7, 11) is 0. The molecule has 1 heterocycles. The molecule has 1 rings (SSSR count). The largest absolute Gasteiger partial charge is 0.409 e. The molecule has 1 aromatic heterocycles. The highest BCUT2D eigenvalue weighted by Gasteiger charge is 2.22. The Bertz CT molecular complexity index is 451. The zero-order chi connectivity index (χ0) is 13.9. The summed E-state index contributed by atoms with van der Waals surface area (Å²) in [6.45, 7) is 5.82. The van der Waals surface area contributed by atoms with Crippen molar-refractivity contribution in [2.24, 2.45) is 10.9 Å². The van der Waals surface area contributed by atoms with Gasteiger partial charge in [0.2, 0.25) is 0 Å². The van der Waals surface area contributed by atoms with Gasteiger partial charge in [0.05, 0.1) is 15.2 Å². The third kappa shape index (κ3) is 3.46. The van der Waals surface area contributed by atoms with Crippen molar-refractivity contribution in [2.75, 3.05) is 6.54 Å². The molecule has 0 spiro atoms. The zero-order valence-corrected chi connectivity index (χ0v) is 12.9. The molecule has 100 valence electrons. The van der Waals surface area contributed by atoms with E-state index in [1.807, 2.05) is 26.8 Å². The summed E-state index contributed by atoms with van der Waals surface area (Å²) < 4.78 is 0.943. The number of thiophene rings is 1. The molecule has 0 saturated heterocycles. The van der Waals surface area contributed by atoms with Crippen LogP contribution in [-0.2, 0) is 0 Å². The van der Waals surface area contributed by atoms with Gasteiger partial charge in [-0.15, -0.1) is 11.3 Å². The second kappa shape index (κ2) is 6.19. The van der Waals surface area contributed by atoms with E-state index in [9.17, 15) is 4.79 Å². The Morgan fingerprint density at radius 1 is 1.67 bits per heavy atom. The Balaban J connectivity index is 2.96. The van der Waals surface area contributed by atoms with E-state index in [0.29, 0.717) is 4.88 Å². The Kier molecular flexibility index (Phi) is 5.15. The molecule has 0 atom stereocenters. The molecule has 1 aromatic rings. The standard InChI is InChI=1S/C11H16BrN3O2S/c1-6(2)15(5-9(13)14-17)11(16)8-4-7(3)10(12)18-8/h4,6,17H,5H2,1-3H3,(H2,13,14). The summed E-state index contributed by atoms with van der Waals surface area (Å²) in [6.07, 6.45) is 0. The van der Waals surface area contributed by atoms with E-state index in [4.69, 9.17) is 10.9 Å². The van der Waals surface area contributed by atoms with Gasteiger partial charge >= 0.3 is 0 Å². The maximum atomic E-state index is 12.3. The lowest BCUT2D eigenvalue weighted by Crippen LogP contribution is -2.42. The summed E-state index contributed by atoms with van der Waals surface area (Å²) in [6, 6.07) is 1.80. The fraction of sp³-hybridized carbons (Fsp3) is 0.455. The molecule has 0 aliphatic carbocycles. The maximum absolute atomic E-state index is 12.3.